The Morgan fingerprint density at radius 3 is 2.57 bits per heavy atom. The molecule has 2 bridgehead atoms. The second-order valence-electron chi connectivity index (χ2n) is 7.46. The number of para-hydroxylation sites is 1. The van der Waals surface area contributed by atoms with E-state index < -0.39 is 5.63 Å². The van der Waals surface area contributed by atoms with Crippen molar-refractivity contribution in [3.8, 4) is 5.88 Å². The number of amides is 1. The largest absolute Gasteiger partial charge is 0.474 e. The van der Waals surface area contributed by atoms with Crippen LogP contribution in [0.15, 0.2) is 63.9 Å². The van der Waals surface area contributed by atoms with Crippen LogP contribution >= 0.6 is 0 Å². The van der Waals surface area contributed by atoms with E-state index in [-0.39, 0.29) is 29.7 Å². The minimum Gasteiger partial charge on any atom is -0.474 e. The molecule has 0 aliphatic carbocycles. The molecule has 2 atom stereocenters. The lowest BCUT2D eigenvalue weighted by atomic mass is 9.98. The van der Waals surface area contributed by atoms with E-state index in [1.807, 2.05) is 35.2 Å². The average molecular weight is 376 g/mol. The lowest BCUT2D eigenvalue weighted by molar-refractivity contribution is 0.0345. The van der Waals surface area contributed by atoms with Crippen LogP contribution in [0.4, 0.5) is 0 Å². The van der Waals surface area contributed by atoms with E-state index in [1.165, 1.54) is 0 Å². The molecule has 1 amide bonds. The summed E-state index contributed by atoms with van der Waals surface area (Å²) in [6.45, 7) is 0. The summed E-state index contributed by atoms with van der Waals surface area (Å²) in [5, 5.41) is 0.756. The first-order chi connectivity index (χ1) is 13.7. The number of benzene rings is 1. The molecule has 2 aliphatic rings. The molecular formula is C22H20N2O4. The average Bonchev–Trinajstić information content (AvgIpc) is 2.98. The fourth-order valence-corrected chi connectivity index (χ4v) is 4.49. The Morgan fingerprint density at radius 1 is 1.07 bits per heavy atom. The fourth-order valence-electron chi connectivity index (χ4n) is 4.49. The molecule has 3 aromatic rings. The van der Waals surface area contributed by atoms with Crippen LogP contribution in [0.2, 0.25) is 0 Å². The number of hydrogen-bond acceptors (Lipinski definition) is 5. The van der Waals surface area contributed by atoms with E-state index in [0.29, 0.717) is 11.5 Å². The van der Waals surface area contributed by atoms with Crippen molar-refractivity contribution in [2.24, 2.45) is 0 Å². The topological polar surface area (TPSA) is 72.6 Å². The molecule has 0 spiro atoms. The third-order valence-electron chi connectivity index (χ3n) is 5.72. The Morgan fingerprint density at radius 2 is 1.82 bits per heavy atom. The zero-order valence-electron chi connectivity index (χ0n) is 15.3. The molecule has 6 nitrogen and oxygen atoms in total. The molecule has 2 fully saturated rings. The Hall–Kier alpha value is -3.15. The highest BCUT2D eigenvalue weighted by atomic mass is 16.5. The minimum absolute atomic E-state index is 0.0319. The van der Waals surface area contributed by atoms with Gasteiger partial charge in [-0.2, -0.15) is 0 Å². The Kier molecular flexibility index (Phi) is 4.11. The number of aromatic nitrogens is 1. The van der Waals surface area contributed by atoms with Crippen LogP contribution in [0.25, 0.3) is 11.0 Å². The molecule has 0 saturated carbocycles. The van der Waals surface area contributed by atoms with Crippen LogP contribution in [0.1, 0.15) is 36.0 Å². The van der Waals surface area contributed by atoms with Crippen LogP contribution in [-0.2, 0) is 0 Å². The molecule has 6 heteroatoms. The molecule has 0 radical (unpaired) electrons. The second-order valence-corrected chi connectivity index (χ2v) is 7.46. The van der Waals surface area contributed by atoms with E-state index in [0.717, 1.165) is 31.1 Å². The van der Waals surface area contributed by atoms with Crippen LogP contribution in [0, 0.1) is 0 Å². The van der Waals surface area contributed by atoms with Crippen molar-refractivity contribution in [3.05, 3.63) is 70.7 Å². The summed E-state index contributed by atoms with van der Waals surface area (Å²) in [6, 6.07) is 14.6. The summed E-state index contributed by atoms with van der Waals surface area (Å²) < 4.78 is 11.4. The number of pyridine rings is 1. The quantitative estimate of drug-likeness (QED) is 0.655. The molecule has 5 rings (SSSR count). The van der Waals surface area contributed by atoms with Crippen molar-refractivity contribution in [1.82, 2.24) is 9.88 Å². The number of ether oxygens (including phenoxy) is 1. The standard InChI is InChI=1S/C22H20N2O4/c25-21(18-11-14-5-1-2-6-19(14)28-22(18)26)24-15-8-9-16(24)13-17(12-15)27-20-7-3-4-10-23-20/h1-7,10-11,15-17H,8-9,12-13H2. The summed E-state index contributed by atoms with van der Waals surface area (Å²) in [4.78, 5) is 31.7. The number of hydrogen-bond donors (Lipinski definition) is 0. The van der Waals surface area contributed by atoms with Gasteiger partial charge in [-0.05, 0) is 31.0 Å². The Labute approximate surface area is 161 Å². The predicted molar refractivity (Wildman–Crippen MR) is 103 cm³/mol. The molecule has 1 aromatic carbocycles. The van der Waals surface area contributed by atoms with Gasteiger partial charge in [0.05, 0.1) is 0 Å². The van der Waals surface area contributed by atoms with Crippen molar-refractivity contribution in [2.75, 3.05) is 0 Å². The molecule has 2 aromatic heterocycles. The van der Waals surface area contributed by atoms with E-state index in [9.17, 15) is 9.59 Å². The van der Waals surface area contributed by atoms with Gasteiger partial charge in [-0.3, -0.25) is 4.79 Å². The fraction of sp³-hybridized carbons (Fsp3) is 0.318. The van der Waals surface area contributed by atoms with Gasteiger partial charge in [-0.25, -0.2) is 9.78 Å². The highest BCUT2D eigenvalue weighted by Gasteiger charge is 2.45. The maximum Gasteiger partial charge on any atom is 0.349 e. The minimum atomic E-state index is -0.574. The van der Waals surface area contributed by atoms with Gasteiger partial charge in [0, 0.05) is 42.6 Å². The monoisotopic (exact) mass is 376 g/mol. The van der Waals surface area contributed by atoms with E-state index in [1.54, 1.807) is 24.4 Å². The number of carbonyl (C=O) groups is 1. The summed E-state index contributed by atoms with van der Waals surface area (Å²) in [5.74, 6) is 0.380. The molecular weight excluding hydrogens is 356 g/mol. The molecule has 142 valence electrons. The van der Waals surface area contributed by atoms with Crippen molar-refractivity contribution < 1.29 is 13.9 Å². The SMILES string of the molecule is O=C(c1cc2ccccc2oc1=O)N1C2CCC1CC(Oc1ccccn1)C2. The second kappa shape index (κ2) is 6.78. The number of fused-ring (bicyclic) bond motifs is 3. The van der Waals surface area contributed by atoms with Gasteiger partial charge >= 0.3 is 5.63 Å². The zero-order chi connectivity index (χ0) is 19.1. The van der Waals surface area contributed by atoms with Gasteiger partial charge < -0.3 is 14.1 Å². The third-order valence-corrected chi connectivity index (χ3v) is 5.72. The predicted octanol–water partition coefficient (Wildman–Crippen LogP) is 3.40. The Bertz CT molecular complexity index is 1060. The molecule has 28 heavy (non-hydrogen) atoms. The first kappa shape index (κ1) is 17.0. The van der Waals surface area contributed by atoms with Gasteiger partial charge in [0.15, 0.2) is 0 Å². The molecule has 0 N–H and O–H groups in total. The van der Waals surface area contributed by atoms with E-state index >= 15 is 0 Å². The van der Waals surface area contributed by atoms with Gasteiger partial charge in [-0.15, -0.1) is 0 Å². The summed E-state index contributed by atoms with van der Waals surface area (Å²) in [5.41, 5.74) is 0.0316. The first-order valence-electron chi connectivity index (χ1n) is 9.62. The van der Waals surface area contributed by atoms with Gasteiger partial charge in [0.25, 0.3) is 5.91 Å². The summed E-state index contributed by atoms with van der Waals surface area (Å²) in [6.07, 6.45) is 5.09. The maximum absolute atomic E-state index is 13.2. The zero-order valence-corrected chi connectivity index (χ0v) is 15.3. The number of nitrogens with zero attached hydrogens (tertiary/aromatic N) is 2. The van der Waals surface area contributed by atoms with E-state index in [4.69, 9.17) is 9.15 Å². The Balaban J connectivity index is 1.38. The smallest absolute Gasteiger partial charge is 0.349 e. The first-order valence-corrected chi connectivity index (χ1v) is 9.62. The normalized spacial score (nSPS) is 23.7. The maximum atomic E-state index is 13.2. The van der Waals surface area contributed by atoms with Gasteiger partial charge in [-0.1, -0.05) is 24.3 Å². The highest BCUT2D eigenvalue weighted by Crippen LogP contribution is 2.38. The van der Waals surface area contributed by atoms with Crippen LogP contribution in [-0.4, -0.2) is 34.0 Å². The number of rotatable bonds is 3. The lowest BCUT2D eigenvalue weighted by Crippen LogP contribution is -2.50. The molecule has 2 saturated heterocycles. The summed E-state index contributed by atoms with van der Waals surface area (Å²) >= 11 is 0. The van der Waals surface area contributed by atoms with Gasteiger partial charge in [0.1, 0.15) is 17.3 Å². The number of piperidine rings is 1. The molecule has 4 heterocycles. The van der Waals surface area contributed by atoms with E-state index in [2.05, 4.69) is 4.98 Å². The highest BCUT2D eigenvalue weighted by molar-refractivity contribution is 5.97. The third kappa shape index (κ3) is 2.95. The number of carbonyl (C=O) groups excluding carboxylic acids is 1. The molecule has 2 aliphatic heterocycles. The molecule has 2 unspecified atom stereocenters. The summed E-state index contributed by atoms with van der Waals surface area (Å²) in [7, 11) is 0. The van der Waals surface area contributed by atoms with Gasteiger partial charge in [0.2, 0.25) is 5.88 Å². The van der Waals surface area contributed by atoms with Crippen molar-refractivity contribution in [2.45, 2.75) is 43.9 Å². The van der Waals surface area contributed by atoms with Crippen molar-refractivity contribution >= 4 is 16.9 Å². The van der Waals surface area contributed by atoms with Crippen LogP contribution < -0.4 is 10.4 Å². The van der Waals surface area contributed by atoms with Crippen molar-refractivity contribution in [3.63, 3.8) is 0 Å². The van der Waals surface area contributed by atoms with Crippen LogP contribution in [0.3, 0.4) is 0 Å². The van der Waals surface area contributed by atoms with Crippen molar-refractivity contribution in [1.29, 1.82) is 0 Å². The lowest BCUT2D eigenvalue weighted by Gasteiger charge is -2.38. The van der Waals surface area contributed by atoms with Crippen LogP contribution in [0.5, 0.6) is 5.88 Å².